The summed E-state index contributed by atoms with van der Waals surface area (Å²) in [6.07, 6.45) is -1.59. The molecule has 0 aliphatic heterocycles. The van der Waals surface area contributed by atoms with Crippen LogP contribution in [0.15, 0.2) is 0 Å². The SMILES string of the molecule is NC(=O)N[C@H](O)C(Cl)(Cl)Cl. The molecule has 0 heterocycles. The molecule has 1 atom stereocenters. The maximum atomic E-state index is 10.0. The Labute approximate surface area is 72.2 Å². The van der Waals surface area contributed by atoms with Crippen molar-refractivity contribution < 1.29 is 9.90 Å². The fourth-order valence-corrected chi connectivity index (χ4v) is 0.380. The van der Waals surface area contributed by atoms with E-state index in [1.54, 1.807) is 5.32 Å². The number of halogens is 3. The lowest BCUT2D eigenvalue weighted by Crippen LogP contribution is -2.45. The molecule has 4 N–H and O–H groups in total. The topological polar surface area (TPSA) is 75.4 Å². The summed E-state index contributed by atoms with van der Waals surface area (Å²) in [4.78, 5) is 10.0. The van der Waals surface area contributed by atoms with Crippen LogP contribution < -0.4 is 11.1 Å². The van der Waals surface area contributed by atoms with Crippen LogP contribution in [0.5, 0.6) is 0 Å². The number of amides is 2. The van der Waals surface area contributed by atoms with Crippen molar-refractivity contribution in [1.82, 2.24) is 5.32 Å². The molecule has 0 bridgehead atoms. The van der Waals surface area contributed by atoms with Gasteiger partial charge in [0.15, 0.2) is 6.23 Å². The first-order chi connectivity index (χ1) is 4.34. The van der Waals surface area contributed by atoms with Crippen molar-refractivity contribution >= 4 is 40.8 Å². The highest BCUT2D eigenvalue weighted by Gasteiger charge is 2.31. The average molecular weight is 207 g/mol. The van der Waals surface area contributed by atoms with Crippen LogP contribution in [0.2, 0.25) is 0 Å². The molecule has 60 valence electrons. The molecule has 10 heavy (non-hydrogen) atoms. The highest BCUT2D eigenvalue weighted by Crippen LogP contribution is 2.28. The standard InChI is InChI=1S/C3H5Cl3N2O2/c4-3(5,6)1(9)8-2(7)10/h1,9H,(H3,7,8,10)/t1-/m1/s1. The van der Waals surface area contributed by atoms with Crippen LogP contribution in [0.3, 0.4) is 0 Å². The highest BCUT2D eigenvalue weighted by atomic mass is 35.6. The largest absolute Gasteiger partial charge is 0.369 e. The van der Waals surface area contributed by atoms with Crippen LogP contribution >= 0.6 is 34.8 Å². The Morgan fingerprint density at radius 3 is 2.10 bits per heavy atom. The van der Waals surface area contributed by atoms with Gasteiger partial charge in [-0.1, -0.05) is 34.8 Å². The number of nitrogens with two attached hydrogens (primary N) is 1. The van der Waals surface area contributed by atoms with Crippen LogP contribution in [-0.4, -0.2) is 21.2 Å². The van der Waals surface area contributed by atoms with E-state index >= 15 is 0 Å². The number of alkyl halides is 3. The monoisotopic (exact) mass is 206 g/mol. The number of carbonyl (C=O) groups is 1. The lowest BCUT2D eigenvalue weighted by Gasteiger charge is -2.18. The Balaban J connectivity index is 3.85. The first-order valence-corrected chi connectivity index (χ1v) is 3.28. The number of aliphatic hydroxyl groups excluding tert-OH is 1. The molecule has 0 saturated carbocycles. The molecule has 0 spiro atoms. The van der Waals surface area contributed by atoms with Crippen molar-refractivity contribution in [3.8, 4) is 0 Å². The van der Waals surface area contributed by atoms with Gasteiger partial charge in [0.1, 0.15) is 0 Å². The van der Waals surface area contributed by atoms with E-state index in [-0.39, 0.29) is 0 Å². The van der Waals surface area contributed by atoms with Crippen molar-refractivity contribution in [1.29, 1.82) is 0 Å². The van der Waals surface area contributed by atoms with E-state index in [2.05, 4.69) is 5.73 Å². The van der Waals surface area contributed by atoms with Crippen molar-refractivity contribution in [2.75, 3.05) is 0 Å². The summed E-state index contributed by atoms with van der Waals surface area (Å²) >= 11 is 15.4. The second-order valence-corrected chi connectivity index (χ2v) is 3.82. The number of primary amides is 1. The van der Waals surface area contributed by atoms with E-state index in [1.807, 2.05) is 0 Å². The Morgan fingerprint density at radius 2 is 2.00 bits per heavy atom. The van der Waals surface area contributed by atoms with Crippen LogP contribution in [-0.2, 0) is 0 Å². The third-order valence-electron chi connectivity index (χ3n) is 0.589. The molecule has 0 fully saturated rings. The number of urea groups is 1. The second kappa shape index (κ2) is 3.48. The summed E-state index contributed by atoms with van der Waals surface area (Å²) in [7, 11) is 0. The van der Waals surface area contributed by atoms with Gasteiger partial charge in [-0.15, -0.1) is 0 Å². The number of aliphatic hydroxyl groups is 1. The van der Waals surface area contributed by atoms with Gasteiger partial charge in [-0.3, -0.25) is 0 Å². The third-order valence-corrected chi connectivity index (χ3v) is 1.21. The molecule has 0 radical (unpaired) electrons. The van der Waals surface area contributed by atoms with Crippen molar-refractivity contribution in [2.45, 2.75) is 10.0 Å². The van der Waals surface area contributed by atoms with Crippen LogP contribution in [0.4, 0.5) is 4.79 Å². The molecular weight excluding hydrogens is 202 g/mol. The van der Waals surface area contributed by atoms with Crippen LogP contribution in [0, 0.1) is 0 Å². The van der Waals surface area contributed by atoms with E-state index in [0.717, 1.165) is 0 Å². The van der Waals surface area contributed by atoms with Crippen molar-refractivity contribution in [3.05, 3.63) is 0 Å². The molecule has 0 aliphatic carbocycles. The first kappa shape index (κ1) is 10.1. The van der Waals surface area contributed by atoms with Gasteiger partial charge in [-0.2, -0.15) is 0 Å². The Kier molecular flexibility index (Phi) is 3.51. The Hall–Kier alpha value is 0.1000. The number of hydrogen-bond donors (Lipinski definition) is 3. The number of nitrogens with one attached hydrogen (secondary N) is 1. The van der Waals surface area contributed by atoms with Crippen LogP contribution in [0.1, 0.15) is 0 Å². The molecule has 0 unspecified atom stereocenters. The molecular formula is C3H5Cl3N2O2. The molecule has 7 heteroatoms. The van der Waals surface area contributed by atoms with Gasteiger partial charge >= 0.3 is 6.03 Å². The molecule has 0 saturated heterocycles. The predicted octanol–water partition coefficient (Wildman–Crippen LogP) is 0.343. The van der Waals surface area contributed by atoms with E-state index in [4.69, 9.17) is 39.9 Å². The second-order valence-electron chi connectivity index (χ2n) is 1.45. The summed E-state index contributed by atoms with van der Waals surface area (Å²) in [5.41, 5.74) is 4.60. The zero-order valence-electron chi connectivity index (χ0n) is 4.64. The Bertz CT molecular complexity index is 134. The van der Waals surface area contributed by atoms with Gasteiger partial charge in [-0.05, 0) is 0 Å². The first-order valence-electron chi connectivity index (χ1n) is 2.15. The summed E-state index contributed by atoms with van der Waals surface area (Å²) < 4.78 is -1.95. The van der Waals surface area contributed by atoms with Gasteiger partial charge in [0.05, 0.1) is 0 Å². The number of carbonyl (C=O) groups excluding carboxylic acids is 1. The molecule has 0 rings (SSSR count). The quantitative estimate of drug-likeness (QED) is 0.428. The smallest absolute Gasteiger partial charge is 0.314 e. The average Bonchev–Trinajstić information content (AvgIpc) is 1.60. The zero-order chi connectivity index (χ0) is 8.36. The molecule has 0 aliphatic rings. The lowest BCUT2D eigenvalue weighted by atomic mass is 10.6. The van der Waals surface area contributed by atoms with Gasteiger partial charge in [0.25, 0.3) is 0 Å². The van der Waals surface area contributed by atoms with E-state index in [1.165, 1.54) is 0 Å². The molecule has 4 nitrogen and oxygen atoms in total. The molecule has 0 aromatic rings. The summed E-state index contributed by atoms with van der Waals surface area (Å²) in [5, 5.41) is 10.5. The molecule has 0 aromatic carbocycles. The summed E-state index contributed by atoms with van der Waals surface area (Å²) in [6.45, 7) is 0. The van der Waals surface area contributed by atoms with E-state index in [9.17, 15) is 4.79 Å². The molecule has 2 amide bonds. The molecule has 0 aromatic heterocycles. The summed E-state index contributed by atoms with van der Waals surface area (Å²) in [5.74, 6) is 0. The van der Waals surface area contributed by atoms with E-state index in [0.29, 0.717) is 0 Å². The fourth-order valence-electron chi connectivity index (χ4n) is 0.217. The maximum absolute atomic E-state index is 10.0. The fraction of sp³-hybridized carbons (Fsp3) is 0.667. The number of hydrogen-bond acceptors (Lipinski definition) is 2. The highest BCUT2D eigenvalue weighted by molar-refractivity contribution is 6.68. The lowest BCUT2D eigenvalue weighted by molar-refractivity contribution is 0.147. The minimum atomic E-state index is -1.95. The van der Waals surface area contributed by atoms with Crippen molar-refractivity contribution in [3.63, 3.8) is 0 Å². The third kappa shape index (κ3) is 4.00. The Morgan fingerprint density at radius 1 is 1.60 bits per heavy atom. The minimum absolute atomic E-state index is 0.959. The van der Waals surface area contributed by atoms with Gasteiger partial charge in [0, 0.05) is 0 Å². The van der Waals surface area contributed by atoms with Crippen LogP contribution in [0.25, 0.3) is 0 Å². The van der Waals surface area contributed by atoms with Gasteiger partial charge in [0.2, 0.25) is 3.79 Å². The van der Waals surface area contributed by atoms with E-state index < -0.39 is 16.1 Å². The minimum Gasteiger partial charge on any atom is -0.369 e. The normalized spacial score (nSPS) is 14.4. The van der Waals surface area contributed by atoms with Gasteiger partial charge in [-0.25, -0.2) is 4.79 Å². The number of rotatable bonds is 1. The maximum Gasteiger partial charge on any atom is 0.314 e. The van der Waals surface area contributed by atoms with Crippen molar-refractivity contribution in [2.24, 2.45) is 5.73 Å². The van der Waals surface area contributed by atoms with Gasteiger partial charge < -0.3 is 16.2 Å². The summed E-state index contributed by atoms with van der Waals surface area (Å²) in [6, 6.07) is -0.959. The zero-order valence-corrected chi connectivity index (χ0v) is 6.91. The predicted molar refractivity (Wildman–Crippen MR) is 39.0 cm³/mol.